The van der Waals surface area contributed by atoms with Gasteiger partial charge in [-0.25, -0.2) is 4.98 Å². The number of thiazole rings is 1. The van der Waals surface area contributed by atoms with E-state index < -0.39 is 5.91 Å². The molecular weight excluding hydrogens is 320 g/mol. The fourth-order valence-electron chi connectivity index (χ4n) is 2.99. The zero-order valence-electron chi connectivity index (χ0n) is 14.2. The summed E-state index contributed by atoms with van der Waals surface area (Å²) in [6.07, 6.45) is 2.24. The van der Waals surface area contributed by atoms with Gasteiger partial charge in [0, 0.05) is 30.2 Å². The molecule has 1 aliphatic rings. The van der Waals surface area contributed by atoms with Crippen LogP contribution in [0.15, 0.2) is 29.6 Å². The van der Waals surface area contributed by atoms with E-state index >= 15 is 0 Å². The topological polar surface area (TPSA) is 71.2 Å². The molecule has 1 aromatic heterocycles. The summed E-state index contributed by atoms with van der Waals surface area (Å²) in [6, 6.07) is 9.07. The number of aromatic nitrogens is 1. The monoisotopic (exact) mass is 344 g/mol. The number of rotatable bonds is 5. The van der Waals surface area contributed by atoms with E-state index in [-0.39, 0.29) is 0 Å². The average Bonchev–Trinajstić information content (AvgIpc) is 3.06. The van der Waals surface area contributed by atoms with Gasteiger partial charge in [-0.1, -0.05) is 26.0 Å². The van der Waals surface area contributed by atoms with Gasteiger partial charge in [0.25, 0.3) is 5.91 Å². The minimum absolute atomic E-state index is 0.356. The van der Waals surface area contributed by atoms with Crippen LogP contribution in [0, 0.1) is 0 Å². The van der Waals surface area contributed by atoms with Gasteiger partial charge in [0.2, 0.25) is 0 Å². The standard InChI is InChI=1S/C18H24N4OS/c1-12(2)13-5-7-14(8-6-13)20-15-4-3-9-22(10-15)18-21-16(11-24-18)17(19)23/h5-8,11-12,15,20H,3-4,9-10H2,1-2H3,(H2,19,23). The molecule has 1 saturated heterocycles. The molecule has 0 radical (unpaired) electrons. The van der Waals surface area contributed by atoms with E-state index in [1.165, 1.54) is 16.9 Å². The summed E-state index contributed by atoms with van der Waals surface area (Å²) < 4.78 is 0. The zero-order chi connectivity index (χ0) is 17.1. The number of nitrogens with one attached hydrogen (secondary N) is 1. The fourth-order valence-corrected chi connectivity index (χ4v) is 3.84. The predicted octanol–water partition coefficient (Wildman–Crippen LogP) is 3.45. The van der Waals surface area contributed by atoms with Crippen LogP contribution in [0.4, 0.5) is 10.8 Å². The Labute approximate surface area is 146 Å². The molecule has 3 N–H and O–H groups in total. The Morgan fingerprint density at radius 3 is 2.75 bits per heavy atom. The number of primary amides is 1. The SMILES string of the molecule is CC(C)c1ccc(NC2CCCN(c3nc(C(N)=O)cs3)C2)cc1. The summed E-state index contributed by atoms with van der Waals surface area (Å²) in [5.41, 5.74) is 8.16. The maximum Gasteiger partial charge on any atom is 0.268 e. The smallest absolute Gasteiger partial charge is 0.268 e. The number of nitrogens with two attached hydrogens (primary N) is 1. The third-order valence-corrected chi connectivity index (χ3v) is 5.29. The van der Waals surface area contributed by atoms with Crippen LogP contribution in [0.3, 0.4) is 0 Å². The number of hydrogen-bond acceptors (Lipinski definition) is 5. The first-order chi connectivity index (χ1) is 11.5. The van der Waals surface area contributed by atoms with Crippen LogP contribution in [0.5, 0.6) is 0 Å². The number of carbonyl (C=O) groups excluding carboxylic acids is 1. The highest BCUT2D eigenvalue weighted by atomic mass is 32.1. The van der Waals surface area contributed by atoms with Gasteiger partial charge in [-0.2, -0.15) is 0 Å². The molecular formula is C18H24N4OS. The Balaban J connectivity index is 1.63. The van der Waals surface area contributed by atoms with Crippen LogP contribution in [0.2, 0.25) is 0 Å². The lowest BCUT2D eigenvalue weighted by atomic mass is 10.0. The molecule has 1 unspecified atom stereocenters. The molecule has 5 nitrogen and oxygen atoms in total. The second kappa shape index (κ2) is 7.21. The Kier molecular flexibility index (Phi) is 5.04. The van der Waals surface area contributed by atoms with Crippen molar-refractivity contribution < 1.29 is 4.79 Å². The van der Waals surface area contributed by atoms with Crippen molar-refractivity contribution in [2.75, 3.05) is 23.3 Å². The van der Waals surface area contributed by atoms with Crippen molar-refractivity contribution >= 4 is 28.1 Å². The molecule has 24 heavy (non-hydrogen) atoms. The van der Waals surface area contributed by atoms with Crippen LogP contribution < -0.4 is 16.0 Å². The average molecular weight is 344 g/mol. The molecule has 1 aliphatic heterocycles. The molecule has 0 aliphatic carbocycles. The summed E-state index contributed by atoms with van der Waals surface area (Å²) >= 11 is 1.48. The lowest BCUT2D eigenvalue weighted by Gasteiger charge is -2.33. The van der Waals surface area contributed by atoms with Crippen molar-refractivity contribution in [1.82, 2.24) is 4.98 Å². The van der Waals surface area contributed by atoms with Gasteiger partial charge in [0.15, 0.2) is 5.13 Å². The molecule has 1 fully saturated rings. The summed E-state index contributed by atoms with van der Waals surface area (Å²) in [4.78, 5) is 17.8. The second-order valence-corrected chi connectivity index (χ2v) is 7.42. The maximum atomic E-state index is 11.2. The maximum absolute atomic E-state index is 11.2. The Bertz CT molecular complexity index is 695. The minimum atomic E-state index is -0.463. The summed E-state index contributed by atoms with van der Waals surface area (Å²) in [7, 11) is 0. The second-order valence-electron chi connectivity index (χ2n) is 6.59. The van der Waals surface area contributed by atoms with Crippen LogP contribution in [0.1, 0.15) is 48.7 Å². The molecule has 3 rings (SSSR count). The quantitative estimate of drug-likeness (QED) is 0.871. The first-order valence-corrected chi connectivity index (χ1v) is 9.27. The van der Waals surface area contributed by atoms with E-state index in [4.69, 9.17) is 5.73 Å². The van der Waals surface area contributed by atoms with Crippen LogP contribution in [-0.4, -0.2) is 30.0 Å². The molecule has 0 saturated carbocycles. The first-order valence-electron chi connectivity index (χ1n) is 8.39. The highest BCUT2D eigenvalue weighted by Gasteiger charge is 2.22. The van der Waals surface area contributed by atoms with E-state index in [1.807, 2.05) is 0 Å². The van der Waals surface area contributed by atoms with Crippen molar-refractivity contribution in [2.24, 2.45) is 5.73 Å². The molecule has 128 valence electrons. The molecule has 1 atom stereocenters. The number of nitrogens with zero attached hydrogens (tertiary/aromatic N) is 2. The number of piperidine rings is 1. The van der Waals surface area contributed by atoms with Gasteiger partial charge in [0.1, 0.15) is 5.69 Å². The van der Waals surface area contributed by atoms with Crippen LogP contribution >= 0.6 is 11.3 Å². The van der Waals surface area contributed by atoms with E-state index in [2.05, 4.69) is 53.3 Å². The van der Waals surface area contributed by atoms with Crippen molar-refractivity contribution in [3.05, 3.63) is 40.9 Å². The van der Waals surface area contributed by atoms with Gasteiger partial charge in [0.05, 0.1) is 0 Å². The highest BCUT2D eigenvalue weighted by Crippen LogP contribution is 2.26. The Morgan fingerprint density at radius 1 is 1.38 bits per heavy atom. The number of amides is 1. The van der Waals surface area contributed by atoms with Crippen molar-refractivity contribution in [1.29, 1.82) is 0 Å². The van der Waals surface area contributed by atoms with E-state index in [9.17, 15) is 4.79 Å². The Hall–Kier alpha value is -2.08. The lowest BCUT2D eigenvalue weighted by Crippen LogP contribution is -2.42. The minimum Gasteiger partial charge on any atom is -0.381 e. The number of benzene rings is 1. The molecule has 2 heterocycles. The number of anilines is 2. The molecule has 6 heteroatoms. The van der Waals surface area contributed by atoms with Crippen LogP contribution in [-0.2, 0) is 0 Å². The largest absolute Gasteiger partial charge is 0.381 e. The van der Waals surface area contributed by atoms with Crippen molar-refractivity contribution in [3.63, 3.8) is 0 Å². The fraction of sp³-hybridized carbons (Fsp3) is 0.444. The van der Waals surface area contributed by atoms with Crippen LogP contribution in [0.25, 0.3) is 0 Å². The zero-order valence-corrected chi connectivity index (χ0v) is 15.0. The normalized spacial score (nSPS) is 18.0. The van der Waals surface area contributed by atoms with E-state index in [0.717, 1.165) is 36.8 Å². The van der Waals surface area contributed by atoms with Gasteiger partial charge in [-0.3, -0.25) is 4.79 Å². The number of carbonyl (C=O) groups is 1. The third kappa shape index (κ3) is 3.87. The molecule has 1 aromatic carbocycles. The van der Waals surface area contributed by atoms with E-state index in [0.29, 0.717) is 17.7 Å². The highest BCUT2D eigenvalue weighted by molar-refractivity contribution is 7.13. The molecule has 0 spiro atoms. The van der Waals surface area contributed by atoms with Gasteiger partial charge < -0.3 is 16.0 Å². The summed E-state index contributed by atoms with van der Waals surface area (Å²) in [5.74, 6) is 0.0861. The summed E-state index contributed by atoms with van der Waals surface area (Å²) in [6.45, 7) is 6.26. The molecule has 2 aromatic rings. The number of hydrogen-bond donors (Lipinski definition) is 2. The first kappa shape index (κ1) is 16.8. The van der Waals surface area contributed by atoms with Crippen molar-refractivity contribution in [2.45, 2.75) is 38.6 Å². The van der Waals surface area contributed by atoms with Gasteiger partial charge in [-0.15, -0.1) is 11.3 Å². The van der Waals surface area contributed by atoms with Gasteiger partial charge >= 0.3 is 0 Å². The van der Waals surface area contributed by atoms with Gasteiger partial charge in [-0.05, 0) is 36.5 Å². The summed E-state index contributed by atoms with van der Waals surface area (Å²) in [5, 5.41) is 6.24. The molecule has 1 amide bonds. The molecule has 0 bridgehead atoms. The van der Waals surface area contributed by atoms with Crippen molar-refractivity contribution in [3.8, 4) is 0 Å². The lowest BCUT2D eigenvalue weighted by molar-refractivity contribution is 0.0996. The third-order valence-electron chi connectivity index (χ3n) is 4.38. The predicted molar refractivity (Wildman–Crippen MR) is 100 cm³/mol. The van der Waals surface area contributed by atoms with E-state index in [1.54, 1.807) is 5.38 Å². The Morgan fingerprint density at radius 2 is 2.12 bits per heavy atom.